The van der Waals surface area contributed by atoms with E-state index in [2.05, 4.69) is 27.3 Å². The molecule has 0 heterocycles. The van der Waals surface area contributed by atoms with Crippen molar-refractivity contribution in [1.82, 2.24) is 16.0 Å². The summed E-state index contributed by atoms with van der Waals surface area (Å²) in [6.45, 7) is 4.26. The van der Waals surface area contributed by atoms with Crippen LogP contribution in [0.2, 0.25) is 0 Å². The Morgan fingerprint density at radius 3 is 2.57 bits per heavy atom. The molecule has 7 nitrogen and oxygen atoms in total. The van der Waals surface area contributed by atoms with Crippen molar-refractivity contribution in [3.8, 4) is 0 Å². The Balaban J connectivity index is 1.80. The van der Waals surface area contributed by atoms with Crippen molar-refractivity contribution in [1.29, 1.82) is 0 Å². The number of hydrogen-bond acceptors (Lipinski definition) is 5. The lowest BCUT2D eigenvalue weighted by atomic mass is 10.0. The molecule has 1 aromatic rings. The van der Waals surface area contributed by atoms with Crippen LogP contribution in [0, 0.1) is 5.92 Å². The SMILES string of the molecule is C=C(N)N[C@@H](CCCNC(=O)[C@H](Cc1ccccc1)NC(=O)OC)CC1CC1. The number of benzene rings is 1. The summed E-state index contributed by atoms with van der Waals surface area (Å²) in [6, 6.07) is 9.17. The number of amides is 2. The van der Waals surface area contributed by atoms with Crippen molar-refractivity contribution in [3.63, 3.8) is 0 Å². The van der Waals surface area contributed by atoms with Gasteiger partial charge in [0, 0.05) is 19.0 Å². The van der Waals surface area contributed by atoms with Gasteiger partial charge >= 0.3 is 6.09 Å². The molecule has 2 rings (SSSR count). The highest BCUT2D eigenvalue weighted by atomic mass is 16.5. The number of hydrogen-bond donors (Lipinski definition) is 4. The molecule has 1 fully saturated rings. The molecule has 1 aliphatic rings. The first-order chi connectivity index (χ1) is 13.5. The lowest BCUT2D eigenvalue weighted by molar-refractivity contribution is -0.123. The second kappa shape index (κ2) is 11.2. The van der Waals surface area contributed by atoms with Crippen LogP contribution in [-0.2, 0) is 16.0 Å². The van der Waals surface area contributed by atoms with Crippen LogP contribution in [0.25, 0.3) is 0 Å². The van der Waals surface area contributed by atoms with Gasteiger partial charge in [-0.3, -0.25) is 4.79 Å². The lowest BCUT2D eigenvalue weighted by Gasteiger charge is -2.20. The average molecular weight is 389 g/mol. The molecule has 28 heavy (non-hydrogen) atoms. The number of nitrogens with two attached hydrogens (primary N) is 1. The highest BCUT2D eigenvalue weighted by molar-refractivity contribution is 5.85. The van der Waals surface area contributed by atoms with Gasteiger partial charge in [-0.15, -0.1) is 0 Å². The van der Waals surface area contributed by atoms with Gasteiger partial charge in [-0.2, -0.15) is 0 Å². The van der Waals surface area contributed by atoms with Crippen LogP contribution in [0.1, 0.15) is 37.7 Å². The Morgan fingerprint density at radius 1 is 1.25 bits per heavy atom. The lowest BCUT2D eigenvalue weighted by Crippen LogP contribution is -2.48. The summed E-state index contributed by atoms with van der Waals surface area (Å²) >= 11 is 0. The Morgan fingerprint density at radius 2 is 1.96 bits per heavy atom. The third-order valence-electron chi connectivity index (χ3n) is 4.81. The van der Waals surface area contributed by atoms with Crippen LogP contribution >= 0.6 is 0 Å². The van der Waals surface area contributed by atoms with E-state index in [1.54, 1.807) is 0 Å². The van der Waals surface area contributed by atoms with Crippen LogP contribution < -0.4 is 21.7 Å². The number of nitrogens with one attached hydrogen (secondary N) is 3. The summed E-state index contributed by atoms with van der Waals surface area (Å²) in [6.07, 6.45) is 5.16. The Hall–Kier alpha value is -2.70. The topological polar surface area (TPSA) is 105 Å². The third kappa shape index (κ3) is 8.33. The first-order valence-electron chi connectivity index (χ1n) is 9.85. The number of rotatable bonds is 12. The van der Waals surface area contributed by atoms with Gasteiger partial charge in [0.15, 0.2) is 0 Å². The molecule has 0 bridgehead atoms. The van der Waals surface area contributed by atoms with Crippen LogP contribution in [0.5, 0.6) is 0 Å². The van der Waals surface area contributed by atoms with Crippen molar-refractivity contribution in [2.24, 2.45) is 11.7 Å². The van der Waals surface area contributed by atoms with Crippen molar-refractivity contribution in [2.45, 2.75) is 50.6 Å². The molecule has 2 atom stereocenters. The van der Waals surface area contributed by atoms with Gasteiger partial charge in [-0.05, 0) is 30.7 Å². The molecule has 2 amide bonds. The number of methoxy groups -OCH3 is 1. The van der Waals surface area contributed by atoms with E-state index in [0.717, 1.165) is 30.7 Å². The zero-order valence-corrected chi connectivity index (χ0v) is 16.6. The summed E-state index contributed by atoms with van der Waals surface area (Å²) < 4.78 is 4.65. The van der Waals surface area contributed by atoms with Crippen LogP contribution in [0.3, 0.4) is 0 Å². The van der Waals surface area contributed by atoms with Gasteiger partial charge in [0.1, 0.15) is 6.04 Å². The fraction of sp³-hybridized carbons (Fsp3) is 0.524. The summed E-state index contributed by atoms with van der Waals surface area (Å²) in [5.74, 6) is 1.05. The predicted octanol–water partition coefficient (Wildman–Crippen LogP) is 2.04. The van der Waals surface area contributed by atoms with Gasteiger partial charge in [-0.25, -0.2) is 4.79 Å². The van der Waals surface area contributed by atoms with E-state index in [-0.39, 0.29) is 11.9 Å². The van der Waals surface area contributed by atoms with Crippen LogP contribution in [0.4, 0.5) is 4.79 Å². The van der Waals surface area contributed by atoms with E-state index in [4.69, 9.17) is 5.73 Å². The molecule has 5 N–H and O–H groups in total. The Kier molecular flexibility index (Phi) is 8.65. The van der Waals surface area contributed by atoms with Crippen molar-refractivity contribution < 1.29 is 14.3 Å². The molecule has 0 spiro atoms. The van der Waals surface area contributed by atoms with Gasteiger partial charge in [0.25, 0.3) is 0 Å². The van der Waals surface area contributed by atoms with Gasteiger partial charge in [0.2, 0.25) is 5.91 Å². The van der Waals surface area contributed by atoms with Crippen molar-refractivity contribution in [2.75, 3.05) is 13.7 Å². The number of carbonyl (C=O) groups excluding carboxylic acids is 2. The predicted molar refractivity (Wildman–Crippen MR) is 109 cm³/mol. The molecule has 7 heteroatoms. The number of carbonyl (C=O) groups is 2. The quantitative estimate of drug-likeness (QED) is 0.410. The summed E-state index contributed by atoms with van der Waals surface area (Å²) in [5.41, 5.74) is 6.65. The normalized spacial score (nSPS) is 15.2. The molecule has 0 aromatic heterocycles. The van der Waals surface area contributed by atoms with Crippen LogP contribution in [-0.4, -0.2) is 37.7 Å². The van der Waals surface area contributed by atoms with E-state index < -0.39 is 12.1 Å². The number of ether oxygens (including phenoxy) is 1. The van der Waals surface area contributed by atoms with Crippen LogP contribution in [0.15, 0.2) is 42.7 Å². The minimum atomic E-state index is -0.681. The smallest absolute Gasteiger partial charge is 0.407 e. The van der Waals surface area contributed by atoms with E-state index in [1.165, 1.54) is 20.0 Å². The maximum atomic E-state index is 12.6. The second-order valence-electron chi connectivity index (χ2n) is 7.36. The molecule has 0 aliphatic heterocycles. The first kappa shape index (κ1) is 21.6. The van der Waals surface area contributed by atoms with E-state index >= 15 is 0 Å². The van der Waals surface area contributed by atoms with E-state index in [1.807, 2.05) is 30.3 Å². The van der Waals surface area contributed by atoms with Gasteiger partial charge in [-0.1, -0.05) is 49.8 Å². The number of alkyl carbamates (subject to hydrolysis) is 1. The Bertz CT molecular complexity index is 646. The second-order valence-corrected chi connectivity index (χ2v) is 7.36. The molecule has 0 saturated heterocycles. The minimum Gasteiger partial charge on any atom is -0.453 e. The molecule has 0 unspecified atom stereocenters. The fourth-order valence-electron chi connectivity index (χ4n) is 3.21. The van der Waals surface area contributed by atoms with Crippen molar-refractivity contribution in [3.05, 3.63) is 48.3 Å². The summed E-state index contributed by atoms with van der Waals surface area (Å²) in [7, 11) is 1.28. The molecular formula is C21H32N4O3. The third-order valence-corrected chi connectivity index (χ3v) is 4.81. The van der Waals surface area contributed by atoms with Gasteiger partial charge < -0.3 is 26.4 Å². The molecule has 154 valence electrons. The van der Waals surface area contributed by atoms with Crippen molar-refractivity contribution >= 4 is 12.0 Å². The standard InChI is InChI=1S/C21H32N4O3/c1-15(22)24-18(13-17-10-11-17)9-6-12-23-20(26)19(25-21(27)28-2)14-16-7-4-3-5-8-16/h3-5,7-8,17-19,24H,1,6,9-14,22H2,2H3,(H,23,26)(H,25,27)/t18-,19-/m0/s1. The first-order valence-corrected chi connectivity index (χ1v) is 9.85. The Labute approximate surface area is 167 Å². The zero-order valence-electron chi connectivity index (χ0n) is 16.6. The molecule has 1 aromatic carbocycles. The molecule has 1 saturated carbocycles. The van der Waals surface area contributed by atoms with E-state index in [0.29, 0.717) is 18.8 Å². The molecular weight excluding hydrogens is 356 g/mol. The monoisotopic (exact) mass is 388 g/mol. The average Bonchev–Trinajstić information content (AvgIpc) is 3.48. The summed E-state index contributed by atoms with van der Waals surface area (Å²) in [5, 5.41) is 8.76. The summed E-state index contributed by atoms with van der Waals surface area (Å²) in [4.78, 5) is 24.2. The minimum absolute atomic E-state index is 0.218. The largest absolute Gasteiger partial charge is 0.453 e. The molecule has 1 aliphatic carbocycles. The highest BCUT2D eigenvalue weighted by Gasteiger charge is 2.25. The maximum absolute atomic E-state index is 12.6. The van der Waals surface area contributed by atoms with E-state index in [9.17, 15) is 9.59 Å². The highest BCUT2D eigenvalue weighted by Crippen LogP contribution is 2.34. The zero-order chi connectivity index (χ0) is 20.4. The maximum Gasteiger partial charge on any atom is 0.407 e. The van der Waals surface area contributed by atoms with Gasteiger partial charge in [0.05, 0.1) is 12.9 Å². The fourth-order valence-corrected chi connectivity index (χ4v) is 3.21. The molecule has 0 radical (unpaired) electrons.